The Hall–Kier alpha value is -2.41. The Morgan fingerprint density at radius 1 is 1.50 bits per heavy atom. The van der Waals surface area contributed by atoms with Crippen molar-refractivity contribution in [2.75, 3.05) is 24.8 Å². The summed E-state index contributed by atoms with van der Waals surface area (Å²) < 4.78 is 11.3. The fourth-order valence-corrected chi connectivity index (χ4v) is 3.92. The largest absolute Gasteiger partial charge is 0.493 e. The van der Waals surface area contributed by atoms with E-state index in [1.807, 2.05) is 25.1 Å². The summed E-state index contributed by atoms with van der Waals surface area (Å²) in [5, 5.41) is 9.92. The van der Waals surface area contributed by atoms with E-state index >= 15 is 0 Å². The smallest absolute Gasteiger partial charge is 0.235 e. The third kappa shape index (κ3) is 2.99. The third-order valence-electron chi connectivity index (χ3n) is 3.75. The summed E-state index contributed by atoms with van der Waals surface area (Å²) in [5.41, 5.74) is 2.83. The highest BCUT2D eigenvalue weighted by molar-refractivity contribution is 8.00. The second kappa shape index (κ2) is 7.00. The maximum absolute atomic E-state index is 12.0. The molecule has 126 valence electrons. The van der Waals surface area contributed by atoms with Crippen molar-refractivity contribution in [2.45, 2.75) is 12.2 Å². The molecule has 24 heavy (non-hydrogen) atoms. The number of aromatic nitrogens is 2. The number of nitrogens with zero attached hydrogens (tertiary/aromatic N) is 1. The molecule has 1 aromatic heterocycles. The van der Waals surface area contributed by atoms with Crippen molar-refractivity contribution in [3.8, 4) is 11.5 Å². The van der Waals surface area contributed by atoms with Crippen LogP contribution in [0.15, 0.2) is 30.9 Å². The summed E-state index contributed by atoms with van der Waals surface area (Å²) in [4.78, 5) is 12.0. The Morgan fingerprint density at radius 3 is 3.08 bits per heavy atom. The molecule has 3 rings (SSSR count). The summed E-state index contributed by atoms with van der Waals surface area (Å²) in [6, 6.07) is 5.77. The first-order valence-corrected chi connectivity index (χ1v) is 8.57. The van der Waals surface area contributed by atoms with Crippen molar-refractivity contribution in [1.82, 2.24) is 10.2 Å². The first kappa shape index (κ1) is 16.4. The fourth-order valence-electron chi connectivity index (χ4n) is 2.71. The monoisotopic (exact) mass is 345 g/mol. The van der Waals surface area contributed by atoms with Gasteiger partial charge >= 0.3 is 0 Å². The van der Waals surface area contributed by atoms with Gasteiger partial charge in [-0.1, -0.05) is 24.8 Å². The van der Waals surface area contributed by atoms with Gasteiger partial charge < -0.3 is 14.8 Å². The Morgan fingerprint density at radius 2 is 2.33 bits per heavy atom. The second-order valence-electron chi connectivity index (χ2n) is 5.33. The van der Waals surface area contributed by atoms with Crippen molar-refractivity contribution >= 4 is 23.5 Å². The highest BCUT2D eigenvalue weighted by atomic mass is 32.2. The molecule has 2 N–H and O–H groups in total. The number of fused-ring (bicyclic) bond motifs is 1. The Labute approximate surface area is 144 Å². The molecule has 0 spiro atoms. The molecule has 0 bridgehead atoms. The van der Waals surface area contributed by atoms with E-state index in [1.54, 1.807) is 24.9 Å². The SMILES string of the molecule is C=CCOc1c(OC)cccc1[C@H]1SCC(=O)Nc2n[nH]c(C)c21. The predicted octanol–water partition coefficient (Wildman–Crippen LogP) is 3.07. The van der Waals surface area contributed by atoms with Gasteiger partial charge in [0.25, 0.3) is 0 Å². The van der Waals surface area contributed by atoms with Crippen molar-refractivity contribution < 1.29 is 14.3 Å². The lowest BCUT2D eigenvalue weighted by Gasteiger charge is -2.20. The van der Waals surface area contributed by atoms with Gasteiger partial charge in [-0.2, -0.15) is 5.10 Å². The van der Waals surface area contributed by atoms with Crippen molar-refractivity contribution in [1.29, 1.82) is 0 Å². The lowest BCUT2D eigenvalue weighted by atomic mass is 10.0. The van der Waals surface area contributed by atoms with E-state index in [0.29, 0.717) is 29.7 Å². The number of aromatic amines is 1. The molecule has 0 saturated heterocycles. The molecule has 7 heteroatoms. The van der Waals surface area contributed by atoms with Crippen LogP contribution in [0.25, 0.3) is 0 Å². The van der Waals surface area contributed by atoms with Crippen LogP contribution in [0, 0.1) is 6.92 Å². The van der Waals surface area contributed by atoms with Crippen LogP contribution < -0.4 is 14.8 Å². The fraction of sp³-hybridized carbons (Fsp3) is 0.294. The first-order chi connectivity index (χ1) is 11.7. The maximum Gasteiger partial charge on any atom is 0.235 e. The van der Waals surface area contributed by atoms with E-state index in [1.165, 1.54) is 0 Å². The molecule has 1 amide bonds. The topological polar surface area (TPSA) is 76.2 Å². The van der Waals surface area contributed by atoms with Crippen LogP contribution in [-0.4, -0.2) is 35.6 Å². The van der Waals surface area contributed by atoms with Crippen LogP contribution in [0.5, 0.6) is 11.5 Å². The van der Waals surface area contributed by atoms with E-state index in [9.17, 15) is 4.79 Å². The number of ether oxygens (including phenoxy) is 2. The number of para-hydroxylation sites is 1. The number of nitrogens with one attached hydrogen (secondary N) is 2. The molecule has 0 radical (unpaired) electrons. The van der Waals surface area contributed by atoms with Crippen LogP contribution >= 0.6 is 11.8 Å². The van der Waals surface area contributed by atoms with Gasteiger partial charge in [-0.15, -0.1) is 11.8 Å². The molecule has 2 aromatic rings. The zero-order valence-corrected chi connectivity index (χ0v) is 14.4. The number of methoxy groups -OCH3 is 1. The normalized spacial score (nSPS) is 16.8. The number of hydrogen-bond donors (Lipinski definition) is 2. The van der Waals surface area contributed by atoms with Gasteiger partial charge in [-0.25, -0.2) is 0 Å². The summed E-state index contributed by atoms with van der Waals surface area (Å²) in [6.07, 6.45) is 1.69. The quantitative estimate of drug-likeness (QED) is 0.815. The van der Waals surface area contributed by atoms with Crippen LogP contribution in [0.2, 0.25) is 0 Å². The number of carbonyl (C=O) groups excluding carboxylic acids is 1. The Balaban J connectivity index is 2.12. The van der Waals surface area contributed by atoms with Gasteiger partial charge in [0.1, 0.15) is 6.61 Å². The summed E-state index contributed by atoms with van der Waals surface area (Å²) in [5.74, 6) is 2.18. The number of thioether (sulfide) groups is 1. The molecule has 0 unspecified atom stereocenters. The molecule has 1 aliphatic rings. The summed E-state index contributed by atoms with van der Waals surface area (Å²) >= 11 is 1.54. The Kier molecular flexibility index (Phi) is 4.80. The molecular formula is C17H19N3O3S. The molecule has 1 aliphatic heterocycles. The lowest BCUT2D eigenvalue weighted by Crippen LogP contribution is -2.12. The minimum absolute atomic E-state index is 0.0632. The van der Waals surface area contributed by atoms with Gasteiger partial charge in [0.15, 0.2) is 17.3 Å². The van der Waals surface area contributed by atoms with Gasteiger partial charge in [0.2, 0.25) is 5.91 Å². The molecule has 0 fully saturated rings. The number of benzene rings is 1. The molecule has 2 heterocycles. The standard InChI is InChI=1S/C17H19N3O3S/c1-4-8-23-15-11(6-5-7-12(15)22-3)16-14-10(2)19-20-17(14)18-13(21)9-24-16/h4-7,16H,1,8-9H2,2-3H3,(H2,18,19,20,21)/t16-/m1/s1. The van der Waals surface area contributed by atoms with Crippen LogP contribution in [0.3, 0.4) is 0 Å². The van der Waals surface area contributed by atoms with Gasteiger partial charge in [0.05, 0.1) is 18.1 Å². The van der Waals surface area contributed by atoms with Crippen LogP contribution in [0.4, 0.5) is 5.82 Å². The number of hydrogen-bond acceptors (Lipinski definition) is 5. The van der Waals surface area contributed by atoms with Crippen molar-refractivity contribution in [3.63, 3.8) is 0 Å². The predicted molar refractivity (Wildman–Crippen MR) is 94.9 cm³/mol. The average Bonchev–Trinajstić information content (AvgIpc) is 2.85. The number of amides is 1. The first-order valence-electron chi connectivity index (χ1n) is 7.52. The number of anilines is 1. The molecule has 1 atom stereocenters. The number of rotatable bonds is 5. The number of carbonyl (C=O) groups is 1. The van der Waals surface area contributed by atoms with Crippen molar-refractivity contribution in [3.05, 3.63) is 47.7 Å². The zero-order valence-electron chi connectivity index (χ0n) is 13.6. The van der Waals surface area contributed by atoms with Crippen LogP contribution in [-0.2, 0) is 4.79 Å². The van der Waals surface area contributed by atoms with Crippen molar-refractivity contribution in [2.24, 2.45) is 0 Å². The van der Waals surface area contributed by atoms with E-state index in [-0.39, 0.29) is 11.2 Å². The van der Waals surface area contributed by atoms with E-state index in [2.05, 4.69) is 22.1 Å². The molecule has 1 aromatic carbocycles. The van der Waals surface area contributed by atoms with E-state index in [4.69, 9.17) is 9.47 Å². The highest BCUT2D eigenvalue weighted by Crippen LogP contribution is 2.47. The van der Waals surface area contributed by atoms with Gasteiger partial charge in [-0.05, 0) is 13.0 Å². The van der Waals surface area contributed by atoms with Gasteiger partial charge in [-0.3, -0.25) is 9.89 Å². The maximum atomic E-state index is 12.0. The zero-order chi connectivity index (χ0) is 17.1. The average molecular weight is 345 g/mol. The summed E-state index contributed by atoms with van der Waals surface area (Å²) in [7, 11) is 1.61. The third-order valence-corrected chi connectivity index (χ3v) is 5.00. The summed E-state index contributed by atoms with van der Waals surface area (Å²) in [6.45, 7) is 6.02. The van der Waals surface area contributed by atoms with Crippen LogP contribution in [0.1, 0.15) is 22.1 Å². The van der Waals surface area contributed by atoms with E-state index in [0.717, 1.165) is 16.8 Å². The van der Waals surface area contributed by atoms with Gasteiger partial charge in [0, 0.05) is 16.8 Å². The molecule has 0 aliphatic carbocycles. The number of H-pyrrole nitrogens is 1. The minimum Gasteiger partial charge on any atom is -0.493 e. The highest BCUT2D eigenvalue weighted by Gasteiger charge is 2.31. The second-order valence-corrected chi connectivity index (χ2v) is 6.42. The lowest BCUT2D eigenvalue weighted by molar-refractivity contribution is -0.113. The minimum atomic E-state index is -0.0902. The molecule has 0 saturated carbocycles. The molecule has 6 nitrogen and oxygen atoms in total. The molecular weight excluding hydrogens is 326 g/mol. The van der Waals surface area contributed by atoms with E-state index < -0.39 is 0 Å². The Bertz CT molecular complexity index is 772. The number of aryl methyl sites for hydroxylation is 1.